The predicted octanol–water partition coefficient (Wildman–Crippen LogP) is 3.39. The van der Waals surface area contributed by atoms with Gasteiger partial charge in [-0.25, -0.2) is 0 Å². The molecule has 3 aromatic rings. The molecule has 0 aliphatic carbocycles. The summed E-state index contributed by atoms with van der Waals surface area (Å²) in [7, 11) is 1.54. The zero-order valence-corrected chi connectivity index (χ0v) is 22.0. The van der Waals surface area contributed by atoms with Crippen LogP contribution >= 0.6 is 0 Å². The first-order chi connectivity index (χ1) is 19.4. The summed E-state index contributed by atoms with van der Waals surface area (Å²) in [4.78, 5) is 17.1. The Kier molecular flexibility index (Phi) is 6.53. The largest absolute Gasteiger partial charge is 0.493 e. The van der Waals surface area contributed by atoms with Crippen molar-refractivity contribution in [3.05, 3.63) is 68.2 Å². The van der Waals surface area contributed by atoms with Crippen molar-refractivity contribution in [2.75, 3.05) is 33.7 Å². The molecule has 0 saturated carbocycles. The molecule has 3 aliphatic heterocycles. The van der Waals surface area contributed by atoms with E-state index in [0.29, 0.717) is 30.3 Å². The molecule has 1 unspecified atom stereocenters. The lowest BCUT2D eigenvalue weighted by Crippen LogP contribution is -2.39. The van der Waals surface area contributed by atoms with E-state index in [1.54, 1.807) is 20.1 Å². The van der Waals surface area contributed by atoms with Crippen molar-refractivity contribution < 1.29 is 29.0 Å². The van der Waals surface area contributed by atoms with Gasteiger partial charge >= 0.3 is 5.82 Å². The molecule has 0 bridgehead atoms. The number of allylic oxidation sites excluding steroid dienone is 1. The summed E-state index contributed by atoms with van der Waals surface area (Å²) < 4.78 is 24.4. The van der Waals surface area contributed by atoms with E-state index >= 15 is 0 Å². The molecule has 2 aromatic carbocycles. The Morgan fingerprint density at radius 1 is 1.32 bits per heavy atom. The molecule has 1 aromatic heterocycles. The van der Waals surface area contributed by atoms with Gasteiger partial charge < -0.3 is 34.2 Å². The van der Waals surface area contributed by atoms with Gasteiger partial charge in [0, 0.05) is 31.6 Å². The van der Waals surface area contributed by atoms with Crippen LogP contribution in [-0.2, 0) is 19.4 Å². The fourth-order valence-corrected chi connectivity index (χ4v) is 5.81. The first kappa shape index (κ1) is 25.7. The van der Waals surface area contributed by atoms with Crippen LogP contribution in [0.15, 0.2) is 24.4 Å². The summed E-state index contributed by atoms with van der Waals surface area (Å²) in [5, 5.41) is 30.8. The van der Waals surface area contributed by atoms with E-state index < -0.39 is 4.92 Å². The third-order valence-electron chi connectivity index (χ3n) is 7.64. The topological polar surface area (TPSA) is 145 Å². The molecule has 0 radical (unpaired) electrons. The van der Waals surface area contributed by atoms with Crippen LogP contribution in [0.1, 0.15) is 39.7 Å². The molecule has 3 aliphatic rings. The lowest BCUT2D eigenvalue weighted by molar-refractivity contribution is -0.389. The summed E-state index contributed by atoms with van der Waals surface area (Å²) in [5.41, 5.74) is 5.21. The molecule has 40 heavy (non-hydrogen) atoms. The molecule has 12 nitrogen and oxygen atoms in total. The molecular weight excluding hydrogens is 518 g/mol. The average Bonchev–Trinajstić information content (AvgIpc) is 3.58. The van der Waals surface area contributed by atoms with Crippen molar-refractivity contribution in [2.24, 2.45) is 0 Å². The minimum atomic E-state index is -0.586. The van der Waals surface area contributed by atoms with E-state index in [9.17, 15) is 20.5 Å². The molecule has 1 atom stereocenters. The van der Waals surface area contributed by atoms with E-state index in [1.165, 1.54) is 21.9 Å². The fourth-order valence-electron chi connectivity index (χ4n) is 5.81. The van der Waals surface area contributed by atoms with Crippen LogP contribution in [0.4, 0.5) is 5.82 Å². The monoisotopic (exact) mass is 545 g/mol. The second-order valence-electron chi connectivity index (χ2n) is 9.79. The number of imidazole rings is 1. The molecule has 0 spiro atoms. The van der Waals surface area contributed by atoms with E-state index in [0.717, 1.165) is 41.2 Å². The Morgan fingerprint density at radius 2 is 2.12 bits per heavy atom. The average molecular weight is 546 g/mol. The Hall–Kier alpha value is -4.60. The maximum Gasteiger partial charge on any atom is 0.382 e. The Labute approximate surface area is 229 Å². The van der Waals surface area contributed by atoms with Crippen molar-refractivity contribution in [2.45, 2.75) is 32.4 Å². The molecule has 0 amide bonds. The van der Waals surface area contributed by atoms with E-state index in [-0.39, 0.29) is 37.6 Å². The van der Waals surface area contributed by atoms with Gasteiger partial charge in [0.15, 0.2) is 23.0 Å². The highest BCUT2D eigenvalue weighted by molar-refractivity contribution is 5.82. The molecule has 4 heterocycles. The Bertz CT molecular complexity index is 1590. The van der Waals surface area contributed by atoms with Crippen molar-refractivity contribution in [3.8, 4) is 29.1 Å². The quantitative estimate of drug-likeness (QED) is 0.266. The Morgan fingerprint density at radius 3 is 2.83 bits per heavy atom. The highest BCUT2D eigenvalue weighted by atomic mass is 16.7. The van der Waals surface area contributed by atoms with Gasteiger partial charge in [-0.05, 0) is 69.3 Å². The number of fused-ring (bicyclic) bond motifs is 5. The van der Waals surface area contributed by atoms with Crippen LogP contribution in [0.5, 0.6) is 23.0 Å². The molecule has 12 heteroatoms. The van der Waals surface area contributed by atoms with Crippen LogP contribution in [0.2, 0.25) is 0 Å². The normalized spacial score (nSPS) is 17.4. The van der Waals surface area contributed by atoms with Crippen molar-refractivity contribution >= 4 is 17.6 Å². The van der Waals surface area contributed by atoms with Crippen LogP contribution in [0.25, 0.3) is 11.8 Å². The second-order valence-corrected chi connectivity index (χ2v) is 9.79. The van der Waals surface area contributed by atoms with E-state index in [4.69, 9.17) is 18.9 Å². The van der Waals surface area contributed by atoms with Crippen LogP contribution < -0.4 is 18.9 Å². The van der Waals surface area contributed by atoms with Gasteiger partial charge in [0.2, 0.25) is 12.6 Å². The minimum absolute atomic E-state index is 0.0543. The van der Waals surface area contributed by atoms with Gasteiger partial charge in [-0.15, -0.1) is 0 Å². The number of hydrogen-bond donors (Lipinski definition) is 1. The molecule has 206 valence electrons. The standard InChI is InChI=1S/C28H27N5O7/c1-16-30-27(33(35)36)14-32(16)19(12-29)7-18-9-26(37-2)28(38-6-5-34)22-13-31-4-3-17-8-24-25(40-15-39-24)11-21(17)23(31)10-20(18)22/h7-9,11,14,23,34H,3-6,10,13,15H2,1-2H3/b19-7+. The van der Waals surface area contributed by atoms with Crippen LogP contribution in [-0.4, -0.2) is 58.1 Å². The maximum atomic E-state index is 11.3. The zero-order valence-electron chi connectivity index (χ0n) is 22.0. The SMILES string of the molecule is COc1cc(/C=C(\C#N)n2cc([N+](=O)[O-])nc2C)c2c(c1OCCO)CN1CCc3cc4c(cc3C1C2)OCO4. The third kappa shape index (κ3) is 4.29. The molecule has 6 rings (SSSR count). The highest BCUT2D eigenvalue weighted by Gasteiger charge is 2.37. The number of methoxy groups -OCH3 is 1. The summed E-state index contributed by atoms with van der Waals surface area (Å²) in [6.07, 6.45) is 4.43. The van der Waals surface area contributed by atoms with Crippen molar-refractivity contribution in [1.82, 2.24) is 14.5 Å². The first-order valence-corrected chi connectivity index (χ1v) is 12.9. The van der Waals surface area contributed by atoms with Gasteiger partial charge in [0.05, 0.1) is 13.7 Å². The van der Waals surface area contributed by atoms with Crippen molar-refractivity contribution in [1.29, 1.82) is 5.26 Å². The smallest absolute Gasteiger partial charge is 0.382 e. The summed E-state index contributed by atoms with van der Waals surface area (Å²) >= 11 is 0. The lowest BCUT2D eigenvalue weighted by atomic mass is 9.81. The summed E-state index contributed by atoms with van der Waals surface area (Å²) in [6.45, 7) is 3.18. The number of aliphatic hydroxyl groups excluding tert-OH is 1. The molecular formula is C28H27N5O7. The van der Waals surface area contributed by atoms with Gasteiger partial charge in [-0.3, -0.25) is 9.47 Å². The van der Waals surface area contributed by atoms with Gasteiger partial charge in [0.25, 0.3) is 0 Å². The summed E-state index contributed by atoms with van der Waals surface area (Å²) in [5.74, 6) is 2.53. The third-order valence-corrected chi connectivity index (χ3v) is 7.64. The number of nitriles is 1. The zero-order chi connectivity index (χ0) is 28.0. The van der Waals surface area contributed by atoms with E-state index in [1.807, 2.05) is 6.07 Å². The number of hydrogen-bond acceptors (Lipinski definition) is 10. The number of nitrogens with zero attached hydrogens (tertiary/aromatic N) is 5. The first-order valence-electron chi connectivity index (χ1n) is 12.9. The highest BCUT2D eigenvalue weighted by Crippen LogP contribution is 2.48. The summed E-state index contributed by atoms with van der Waals surface area (Å²) in [6, 6.07) is 8.16. The van der Waals surface area contributed by atoms with Gasteiger partial charge in [0.1, 0.15) is 24.6 Å². The fraction of sp³-hybridized carbons (Fsp3) is 0.357. The Balaban J connectivity index is 1.50. The van der Waals surface area contributed by atoms with Crippen molar-refractivity contribution in [3.63, 3.8) is 0 Å². The lowest BCUT2D eigenvalue weighted by Gasteiger charge is -2.42. The molecule has 0 fully saturated rings. The number of aliphatic hydroxyl groups is 1. The molecule has 0 saturated heterocycles. The number of benzene rings is 2. The van der Waals surface area contributed by atoms with Gasteiger partial charge in [-0.2, -0.15) is 5.26 Å². The maximum absolute atomic E-state index is 11.3. The molecule has 1 N–H and O–H groups in total. The predicted molar refractivity (Wildman–Crippen MR) is 142 cm³/mol. The van der Waals surface area contributed by atoms with Crippen LogP contribution in [0, 0.1) is 28.4 Å². The number of aromatic nitrogens is 2. The number of ether oxygens (including phenoxy) is 4. The minimum Gasteiger partial charge on any atom is -0.493 e. The number of nitro groups is 1. The van der Waals surface area contributed by atoms with Gasteiger partial charge in [-0.1, -0.05) is 0 Å². The second kappa shape index (κ2) is 10.2. The van der Waals surface area contributed by atoms with Crippen LogP contribution in [0.3, 0.4) is 0 Å². The number of aryl methyl sites for hydroxylation is 1. The van der Waals surface area contributed by atoms with E-state index in [2.05, 4.69) is 28.1 Å². The number of rotatable bonds is 7.